The highest BCUT2D eigenvalue weighted by Gasteiger charge is 2.21. The van der Waals surface area contributed by atoms with Crippen molar-refractivity contribution in [3.05, 3.63) is 11.8 Å². The van der Waals surface area contributed by atoms with Gasteiger partial charge in [0.15, 0.2) is 0 Å². The van der Waals surface area contributed by atoms with E-state index in [9.17, 15) is 0 Å². The highest BCUT2D eigenvalue weighted by atomic mass is 28.3. The van der Waals surface area contributed by atoms with Crippen molar-refractivity contribution in [3.8, 4) is 0 Å². The van der Waals surface area contributed by atoms with Gasteiger partial charge in [-0.15, -0.1) is 0 Å². The molecule has 0 aromatic rings. The van der Waals surface area contributed by atoms with Gasteiger partial charge in [-0.05, 0) is 18.5 Å². The van der Waals surface area contributed by atoms with Gasteiger partial charge in [0.05, 0.1) is 13.2 Å². The van der Waals surface area contributed by atoms with Gasteiger partial charge in [-0.25, -0.2) is 0 Å². The molecule has 1 aliphatic heterocycles. The minimum atomic E-state index is -1.16. The van der Waals surface area contributed by atoms with E-state index < -0.39 is 9.28 Å². The minimum Gasteiger partial charge on any atom is -0.394 e. The van der Waals surface area contributed by atoms with Gasteiger partial charge in [-0.3, -0.25) is 0 Å². The molecule has 1 atom stereocenters. The van der Waals surface area contributed by atoms with Gasteiger partial charge in [-0.2, -0.15) is 0 Å². The molecule has 15 heavy (non-hydrogen) atoms. The van der Waals surface area contributed by atoms with Crippen LogP contribution in [-0.4, -0.2) is 49.4 Å². The van der Waals surface area contributed by atoms with Crippen molar-refractivity contribution in [3.63, 3.8) is 0 Å². The van der Waals surface area contributed by atoms with Crippen molar-refractivity contribution in [2.45, 2.75) is 18.9 Å². The number of hydrogen-bond donors (Lipinski definition) is 0. The van der Waals surface area contributed by atoms with E-state index in [-0.39, 0.29) is 0 Å². The molecular formula is C10H19O4Si. The second-order valence-corrected chi connectivity index (χ2v) is 5.09. The predicted molar refractivity (Wildman–Crippen MR) is 58.7 cm³/mol. The predicted octanol–water partition coefficient (Wildman–Crippen LogP) is 1.06. The maximum absolute atomic E-state index is 5.40. The molecule has 87 valence electrons. The summed E-state index contributed by atoms with van der Waals surface area (Å²) in [7, 11) is 2.17. The van der Waals surface area contributed by atoms with Crippen molar-refractivity contribution < 1.29 is 18.3 Å². The van der Waals surface area contributed by atoms with E-state index in [4.69, 9.17) is 18.3 Å². The van der Waals surface area contributed by atoms with E-state index >= 15 is 0 Å². The molecule has 1 aliphatic rings. The quantitative estimate of drug-likeness (QED) is 0.338. The first-order chi connectivity index (χ1) is 7.36. The minimum absolute atomic E-state index is 0.373. The lowest BCUT2D eigenvalue weighted by molar-refractivity contribution is 0.115. The fourth-order valence-electron chi connectivity index (χ4n) is 1.08. The lowest BCUT2D eigenvalue weighted by Crippen LogP contribution is -2.15. The van der Waals surface area contributed by atoms with Gasteiger partial charge in [0, 0.05) is 20.8 Å². The summed E-state index contributed by atoms with van der Waals surface area (Å²) in [5, 5.41) is 0. The van der Waals surface area contributed by atoms with E-state index in [1.54, 1.807) is 14.2 Å². The number of epoxide rings is 1. The molecule has 1 saturated heterocycles. The van der Waals surface area contributed by atoms with Crippen LogP contribution in [0, 0.1) is 0 Å². The van der Waals surface area contributed by atoms with Crippen LogP contribution in [0.3, 0.4) is 0 Å². The molecule has 1 heterocycles. The molecule has 4 nitrogen and oxygen atoms in total. The molecule has 0 spiro atoms. The fraction of sp³-hybridized carbons (Fsp3) is 0.800. The lowest BCUT2D eigenvalue weighted by atomic mass is 10.3. The Morgan fingerprint density at radius 3 is 2.73 bits per heavy atom. The summed E-state index contributed by atoms with van der Waals surface area (Å²) in [6.45, 7) is 2.41. The van der Waals surface area contributed by atoms with Crippen molar-refractivity contribution in [2.75, 3.05) is 34.0 Å². The van der Waals surface area contributed by atoms with E-state index in [1.807, 2.05) is 5.70 Å². The van der Waals surface area contributed by atoms with E-state index in [1.165, 1.54) is 0 Å². The Kier molecular flexibility index (Phi) is 6.87. The Morgan fingerprint density at radius 2 is 2.13 bits per heavy atom. The average molecular weight is 231 g/mol. The van der Waals surface area contributed by atoms with Gasteiger partial charge in [0.2, 0.25) is 0 Å². The van der Waals surface area contributed by atoms with Crippen molar-refractivity contribution in [1.29, 1.82) is 0 Å². The van der Waals surface area contributed by atoms with Crippen LogP contribution < -0.4 is 0 Å². The summed E-state index contributed by atoms with van der Waals surface area (Å²) in [5.74, 6) is 0. The number of allylic oxidation sites excluding steroid dienone is 1. The fourth-order valence-corrected chi connectivity index (χ4v) is 1.88. The van der Waals surface area contributed by atoms with Crippen molar-refractivity contribution in [1.82, 2.24) is 0 Å². The molecule has 0 saturated carbocycles. The second kappa shape index (κ2) is 8.01. The van der Waals surface area contributed by atoms with Gasteiger partial charge >= 0.3 is 9.28 Å². The first-order valence-corrected chi connectivity index (χ1v) is 6.57. The van der Waals surface area contributed by atoms with E-state index in [0.29, 0.717) is 6.10 Å². The second-order valence-electron chi connectivity index (χ2n) is 3.30. The Balaban J connectivity index is 1.85. The molecule has 0 aliphatic carbocycles. The zero-order valence-corrected chi connectivity index (χ0v) is 10.4. The number of unbranched alkanes of at least 4 members (excludes halogenated alkanes) is 1. The maximum Gasteiger partial charge on any atom is 0.414 e. The zero-order valence-electron chi connectivity index (χ0n) is 9.40. The summed E-state index contributed by atoms with van der Waals surface area (Å²) in [6, 6.07) is 0. The summed E-state index contributed by atoms with van der Waals surface area (Å²) < 4.78 is 20.7. The van der Waals surface area contributed by atoms with Crippen LogP contribution in [0.5, 0.6) is 0 Å². The van der Waals surface area contributed by atoms with Gasteiger partial charge < -0.3 is 18.3 Å². The summed E-state index contributed by atoms with van der Waals surface area (Å²) in [6.07, 6.45) is 4.51. The molecule has 0 amide bonds. The summed E-state index contributed by atoms with van der Waals surface area (Å²) in [5.41, 5.74) is 2.01. The standard InChI is InChI=1S/C10H19O4Si/c1-11-15(12-2)7-5-3-4-6-13-8-10-9-14-10/h5,7,10H,3-4,6,8-9H2,1-2H3. The normalized spacial score (nSPS) is 20.3. The van der Waals surface area contributed by atoms with Crippen molar-refractivity contribution >= 4 is 9.28 Å². The van der Waals surface area contributed by atoms with Gasteiger partial charge in [0.25, 0.3) is 0 Å². The zero-order chi connectivity index (χ0) is 10.9. The van der Waals surface area contributed by atoms with Crippen LogP contribution in [0.25, 0.3) is 0 Å². The van der Waals surface area contributed by atoms with E-state index in [0.717, 1.165) is 32.7 Å². The number of rotatable bonds is 9. The van der Waals surface area contributed by atoms with Crippen LogP contribution in [0.2, 0.25) is 0 Å². The molecule has 1 rings (SSSR count). The van der Waals surface area contributed by atoms with Crippen LogP contribution in [0.15, 0.2) is 11.8 Å². The van der Waals surface area contributed by atoms with Crippen LogP contribution in [0.1, 0.15) is 12.8 Å². The molecule has 5 heteroatoms. The maximum atomic E-state index is 5.40. The Labute approximate surface area is 93.0 Å². The third kappa shape index (κ3) is 6.81. The molecule has 1 unspecified atom stereocenters. The monoisotopic (exact) mass is 231 g/mol. The molecular weight excluding hydrogens is 212 g/mol. The molecule has 0 aromatic carbocycles. The van der Waals surface area contributed by atoms with Crippen LogP contribution in [-0.2, 0) is 18.3 Å². The van der Waals surface area contributed by atoms with Crippen LogP contribution in [0.4, 0.5) is 0 Å². The molecule has 0 bridgehead atoms. The lowest BCUT2D eigenvalue weighted by Gasteiger charge is -2.02. The smallest absolute Gasteiger partial charge is 0.394 e. The van der Waals surface area contributed by atoms with Gasteiger partial charge in [-0.1, -0.05) is 6.08 Å². The largest absolute Gasteiger partial charge is 0.414 e. The third-order valence-electron chi connectivity index (χ3n) is 2.02. The highest BCUT2D eigenvalue weighted by Crippen LogP contribution is 2.08. The summed E-state index contributed by atoms with van der Waals surface area (Å²) in [4.78, 5) is 0. The van der Waals surface area contributed by atoms with Crippen LogP contribution >= 0.6 is 0 Å². The van der Waals surface area contributed by atoms with E-state index in [2.05, 4.69) is 6.08 Å². The van der Waals surface area contributed by atoms with Crippen molar-refractivity contribution in [2.24, 2.45) is 0 Å². The number of ether oxygens (including phenoxy) is 2. The Morgan fingerprint density at radius 1 is 1.40 bits per heavy atom. The first kappa shape index (κ1) is 12.9. The SMILES string of the molecule is CO[Si](C=CCCCOCC1CO1)OC. The Bertz CT molecular complexity index is 178. The average Bonchev–Trinajstić information content (AvgIpc) is 3.06. The molecule has 0 N–H and O–H groups in total. The Hall–Kier alpha value is -0.203. The summed E-state index contributed by atoms with van der Waals surface area (Å²) >= 11 is 0. The van der Waals surface area contributed by atoms with Gasteiger partial charge in [0.1, 0.15) is 6.10 Å². The third-order valence-corrected chi connectivity index (χ3v) is 3.33. The highest BCUT2D eigenvalue weighted by molar-refractivity contribution is 6.50. The molecule has 1 radical (unpaired) electrons. The number of hydrogen-bond acceptors (Lipinski definition) is 4. The topological polar surface area (TPSA) is 40.2 Å². The first-order valence-electron chi connectivity index (χ1n) is 5.17. The molecule has 1 fully saturated rings. The molecule has 0 aromatic heterocycles.